The molecule has 2 aliphatic rings. The number of aromatic amines is 1. The summed E-state index contributed by atoms with van der Waals surface area (Å²) in [4.78, 5) is 207. The van der Waals surface area contributed by atoms with Crippen molar-refractivity contribution in [1.29, 1.82) is 0 Å². The number of primary amides is 1. The topological polar surface area (TPSA) is 531 Å². The number of benzene rings is 1. The van der Waals surface area contributed by atoms with Crippen LogP contribution in [0.1, 0.15) is 150 Å². The predicted molar refractivity (Wildman–Crippen MR) is 369 cm³/mol. The second-order valence-electron chi connectivity index (χ2n) is 26.0. The number of nitrogens with two attached hydrogens (primary N) is 3. The van der Waals surface area contributed by atoms with E-state index in [4.69, 9.17) is 17.2 Å². The second-order valence-corrected chi connectivity index (χ2v) is 27.0. The Balaban J connectivity index is 1.77. The van der Waals surface area contributed by atoms with Crippen LogP contribution in [0.2, 0.25) is 0 Å². The molecule has 2 aliphatic heterocycles. The van der Waals surface area contributed by atoms with Gasteiger partial charge in [0.1, 0.15) is 66.5 Å². The number of carbonyl (C=O) groups is 14. The molecule has 4 rings (SSSR count). The van der Waals surface area contributed by atoms with E-state index >= 15 is 0 Å². The largest absolute Gasteiger partial charge is 0.481 e. The third-order valence-corrected chi connectivity index (χ3v) is 18.6. The smallest absolute Gasteiger partial charge is 0.305 e. The number of H-pyrrole nitrogens is 1. The third-order valence-electron chi connectivity index (χ3n) is 17.5. The van der Waals surface area contributed by atoms with Crippen LogP contribution in [0.25, 0.3) is 0 Å². The lowest BCUT2D eigenvalue weighted by molar-refractivity contribution is -0.142. The zero-order chi connectivity index (χ0) is 74.3. The maximum atomic E-state index is 14.9. The molecule has 1 fully saturated rings. The van der Waals surface area contributed by atoms with Crippen molar-refractivity contribution in [2.45, 2.75) is 224 Å². The Morgan fingerprint density at radius 1 is 0.660 bits per heavy atom. The summed E-state index contributed by atoms with van der Waals surface area (Å²) in [5, 5.41) is 49.1. The van der Waals surface area contributed by atoms with E-state index in [0.29, 0.717) is 16.3 Å². The maximum Gasteiger partial charge on any atom is 0.305 e. The number of nitrogens with one attached hydrogen (secondary N) is 12. The van der Waals surface area contributed by atoms with E-state index in [1.807, 2.05) is 27.7 Å². The van der Waals surface area contributed by atoms with Gasteiger partial charge in [0, 0.05) is 43.5 Å². The Morgan fingerprint density at radius 2 is 1.26 bits per heavy atom. The highest BCUT2D eigenvalue weighted by molar-refractivity contribution is 8.14. The van der Waals surface area contributed by atoms with Crippen LogP contribution in [0.3, 0.4) is 0 Å². The van der Waals surface area contributed by atoms with Crippen LogP contribution in [-0.2, 0) is 80.0 Å². The quantitative estimate of drug-likeness (QED) is 0.0401. The molecule has 2 aromatic rings. The summed E-state index contributed by atoms with van der Waals surface area (Å²) >= 11 is 1.35. The van der Waals surface area contributed by atoms with Gasteiger partial charge in [-0.05, 0) is 80.7 Å². The summed E-state index contributed by atoms with van der Waals surface area (Å²) < 4.78 is 0. The van der Waals surface area contributed by atoms with E-state index in [0.717, 1.165) is 6.42 Å². The molecule has 20 N–H and O–H groups in total. The lowest BCUT2D eigenvalue weighted by atomic mass is 9.96. The monoisotopic (exact) mass is 1420 g/mol. The van der Waals surface area contributed by atoms with Crippen LogP contribution >= 0.6 is 11.8 Å². The first-order valence-electron chi connectivity index (χ1n) is 34.1. The number of carboxylic acids is 2. The molecule has 12 amide bonds. The van der Waals surface area contributed by atoms with Gasteiger partial charge < -0.3 is 90.9 Å². The highest BCUT2D eigenvalue weighted by atomic mass is 32.2. The summed E-state index contributed by atoms with van der Waals surface area (Å²) in [6.07, 6.45) is 0.368. The molecule has 0 aliphatic carbocycles. The third kappa shape index (κ3) is 27.6. The first-order chi connectivity index (χ1) is 47.4. The van der Waals surface area contributed by atoms with Crippen LogP contribution in [0.5, 0.6) is 0 Å². The average molecular weight is 1420 g/mol. The molecule has 0 spiro atoms. The minimum Gasteiger partial charge on any atom is -0.481 e. The molecule has 15 atom stereocenters. The van der Waals surface area contributed by atoms with Crippen molar-refractivity contribution in [1.82, 2.24) is 68.5 Å². The number of aliphatic imine (C=N–C) groups is 1. The molecule has 100 heavy (non-hydrogen) atoms. The molecule has 0 bridgehead atoms. The van der Waals surface area contributed by atoms with E-state index in [-0.39, 0.29) is 94.9 Å². The standard InChI is InChI=1S/C66H103N17O16S/c1-9-35(6)52(69)66-81-48(32-100-66)63(97)76-43(26-34(4)5)59(93)74-42(22-23-50(85)86)58(92)83-53(36(7)10-2)64(98)75-40-20-15-16-25-71-55(89)46(29-49(68)84)78-62(96)47(30-51(87)88)79-61(95)45(28-39-31-70-33-72-39)77-60(94)44(27-38-18-13-12-14-19-38)80-65(99)54(37(8)11-3)82-57(91)41(21-17-24-67)73-56(40)90/h12-14,18-19,31,33-37,40-48,52-54H,9-11,15-17,20-30,32,67,69H2,1-8H3,(H2,68,84)(H,70,72)(H,71,89)(H,73,90)(H,74,93)(H,75,98)(H,76,97)(H,77,94)(H,78,96)(H,79,95)(H,80,99)(H,82,91)(H,83,92)(H,85,86)(H,87,88)/t35-,36-,37-,40?,41?,42+,43-,44?,45-,46?,47+,48-,52-,53?,54?/m0/s1. The molecule has 1 aromatic heterocycles. The van der Waals surface area contributed by atoms with Crippen LogP contribution in [0.15, 0.2) is 47.8 Å². The molecule has 554 valence electrons. The molecule has 3 heterocycles. The molecular weight excluding hydrogens is 1320 g/mol. The Bertz CT molecular complexity index is 3160. The highest BCUT2D eigenvalue weighted by Crippen LogP contribution is 2.25. The number of hydrogen-bond acceptors (Lipinski definition) is 19. The number of imidazole rings is 1. The fourth-order valence-corrected chi connectivity index (χ4v) is 12.0. The van der Waals surface area contributed by atoms with Crippen molar-refractivity contribution in [3.05, 3.63) is 54.1 Å². The fraction of sp³-hybridized carbons (Fsp3) is 0.636. The lowest BCUT2D eigenvalue weighted by Crippen LogP contribution is -2.62. The van der Waals surface area contributed by atoms with Crippen molar-refractivity contribution in [3.63, 3.8) is 0 Å². The number of hydrogen-bond donors (Lipinski definition) is 17. The van der Waals surface area contributed by atoms with Gasteiger partial charge in [-0.2, -0.15) is 0 Å². The van der Waals surface area contributed by atoms with Crippen molar-refractivity contribution >= 4 is 99.6 Å². The molecule has 0 radical (unpaired) electrons. The Labute approximate surface area is 586 Å². The van der Waals surface area contributed by atoms with Crippen molar-refractivity contribution < 1.29 is 77.3 Å². The van der Waals surface area contributed by atoms with Gasteiger partial charge >= 0.3 is 11.9 Å². The number of carbonyl (C=O) groups excluding carboxylic acids is 12. The molecule has 1 saturated heterocycles. The van der Waals surface area contributed by atoms with Gasteiger partial charge in [0.05, 0.1) is 30.3 Å². The summed E-state index contributed by atoms with van der Waals surface area (Å²) in [6, 6.07) is -8.34. The van der Waals surface area contributed by atoms with Gasteiger partial charge in [-0.3, -0.25) is 72.1 Å². The van der Waals surface area contributed by atoms with E-state index in [9.17, 15) is 77.3 Å². The first kappa shape index (κ1) is 83.4. The molecular formula is C66H103N17O16S. The minimum atomic E-state index is -1.94. The number of carboxylic acid groups (broad SMARTS) is 2. The van der Waals surface area contributed by atoms with Gasteiger partial charge in [-0.15, -0.1) is 11.8 Å². The fourth-order valence-electron chi connectivity index (χ4n) is 10.9. The average Bonchev–Trinajstić information content (AvgIpc) is 1.24. The van der Waals surface area contributed by atoms with E-state index in [1.165, 1.54) is 24.3 Å². The Hall–Kier alpha value is -9.05. The van der Waals surface area contributed by atoms with Gasteiger partial charge in [0.15, 0.2) is 0 Å². The first-order valence-corrected chi connectivity index (χ1v) is 35.1. The highest BCUT2D eigenvalue weighted by Gasteiger charge is 2.40. The predicted octanol–water partition coefficient (Wildman–Crippen LogP) is -1.68. The van der Waals surface area contributed by atoms with Gasteiger partial charge in [-0.25, -0.2) is 4.98 Å². The molecule has 34 heteroatoms. The normalized spacial score (nSPS) is 23.1. The molecule has 0 saturated carbocycles. The number of amides is 12. The van der Waals surface area contributed by atoms with E-state index in [1.54, 1.807) is 58.0 Å². The summed E-state index contributed by atoms with van der Waals surface area (Å²) in [6.45, 7) is 14.1. The maximum absolute atomic E-state index is 14.9. The molecule has 33 nitrogen and oxygen atoms in total. The van der Waals surface area contributed by atoms with Crippen LogP contribution in [0, 0.1) is 23.7 Å². The number of aliphatic carboxylic acids is 2. The number of aromatic nitrogens is 2. The summed E-state index contributed by atoms with van der Waals surface area (Å²) in [5.74, 6) is -15.4. The Kier molecular flexibility index (Phi) is 35.1. The lowest BCUT2D eigenvalue weighted by Gasteiger charge is -2.30. The number of nitrogens with zero attached hydrogens (tertiary/aromatic N) is 2. The summed E-state index contributed by atoms with van der Waals surface area (Å²) in [5.41, 5.74) is 18.7. The molecule has 1 aromatic carbocycles. The zero-order valence-electron chi connectivity index (χ0n) is 58.2. The van der Waals surface area contributed by atoms with Gasteiger partial charge in [0.2, 0.25) is 70.9 Å². The zero-order valence-corrected chi connectivity index (χ0v) is 59.0. The van der Waals surface area contributed by atoms with Crippen LogP contribution < -0.4 is 75.7 Å². The second kappa shape index (κ2) is 42.1. The van der Waals surface area contributed by atoms with Crippen molar-refractivity contribution in [2.75, 3.05) is 18.8 Å². The van der Waals surface area contributed by atoms with Crippen molar-refractivity contribution in [3.8, 4) is 0 Å². The Morgan fingerprint density at radius 3 is 1.85 bits per heavy atom. The van der Waals surface area contributed by atoms with E-state index < -0.39 is 193 Å². The van der Waals surface area contributed by atoms with Gasteiger partial charge in [0.25, 0.3) is 0 Å². The van der Waals surface area contributed by atoms with E-state index in [2.05, 4.69) is 73.4 Å². The number of rotatable bonds is 31. The van der Waals surface area contributed by atoms with Gasteiger partial charge in [-0.1, -0.05) is 105 Å². The summed E-state index contributed by atoms with van der Waals surface area (Å²) in [7, 11) is 0. The number of thioether (sulfide) groups is 1. The van der Waals surface area contributed by atoms with Crippen LogP contribution in [-0.4, -0.2) is 199 Å². The minimum absolute atomic E-state index is 0.00117. The SMILES string of the molecule is CC[C@H](C)C1NC(=O)C(CCCN)NC(=O)C(NC(=O)C(NC(=O)[C@@H](CCC(=O)O)NC(=O)[C@H](CC(C)C)NC(=O)[C@@H]2CSC([C@@H](N)[C@@H](C)CC)=N2)[C@@H](C)CC)CCCCNC(=O)C(CC(N)=O)NC(=O)[C@@H](CC(=O)O)NC(=O)[C@H](Cc2cnc[nH]2)NC(=O)C(Cc2ccccc2)NC1=O. The molecule has 6 unspecified atom stereocenters. The van der Waals surface area contributed by atoms with Crippen LogP contribution in [0.4, 0.5) is 0 Å². The van der Waals surface area contributed by atoms with Crippen molar-refractivity contribution in [2.24, 2.45) is 45.9 Å².